The number of benzene rings is 2. The number of thiazole rings is 1. The average molecular weight is 282 g/mol. The van der Waals surface area contributed by atoms with Crippen LogP contribution in [0.2, 0.25) is 0 Å². The van der Waals surface area contributed by atoms with Crippen molar-refractivity contribution < 1.29 is 4.74 Å². The standard InChI is InChI=1S/C16H14N2OS/c1-2-6-14(7-3-1)19-16-9-5-4-8-15(16)17-10-13-11-20-12-18-13/h1-9,11-12,17H,10H2. The fourth-order valence-electron chi connectivity index (χ4n) is 1.83. The van der Waals surface area contributed by atoms with Crippen LogP contribution in [0.3, 0.4) is 0 Å². The molecule has 0 amide bonds. The number of ether oxygens (including phenoxy) is 1. The minimum absolute atomic E-state index is 0.693. The maximum Gasteiger partial charge on any atom is 0.150 e. The minimum atomic E-state index is 0.693. The van der Waals surface area contributed by atoms with Crippen LogP contribution in [0.25, 0.3) is 0 Å². The first-order valence-corrected chi connectivity index (χ1v) is 7.29. The Labute approximate surface area is 121 Å². The summed E-state index contributed by atoms with van der Waals surface area (Å²) in [5, 5.41) is 5.39. The van der Waals surface area contributed by atoms with Gasteiger partial charge < -0.3 is 10.1 Å². The van der Waals surface area contributed by atoms with Crippen molar-refractivity contribution in [3.63, 3.8) is 0 Å². The van der Waals surface area contributed by atoms with Crippen molar-refractivity contribution in [2.75, 3.05) is 5.32 Å². The molecule has 0 unspecified atom stereocenters. The molecule has 0 saturated carbocycles. The molecule has 0 aliphatic heterocycles. The maximum atomic E-state index is 5.90. The average Bonchev–Trinajstić information content (AvgIpc) is 3.01. The van der Waals surface area contributed by atoms with E-state index in [1.165, 1.54) is 0 Å². The van der Waals surface area contributed by atoms with Gasteiger partial charge in [-0.1, -0.05) is 30.3 Å². The third kappa shape index (κ3) is 3.16. The molecule has 3 rings (SSSR count). The van der Waals surface area contributed by atoms with Gasteiger partial charge in [0.15, 0.2) is 5.75 Å². The molecule has 0 saturated heterocycles. The smallest absolute Gasteiger partial charge is 0.150 e. The number of rotatable bonds is 5. The summed E-state index contributed by atoms with van der Waals surface area (Å²) < 4.78 is 5.90. The summed E-state index contributed by atoms with van der Waals surface area (Å²) in [6.45, 7) is 0.693. The van der Waals surface area contributed by atoms with Crippen LogP contribution < -0.4 is 10.1 Å². The van der Waals surface area contributed by atoms with Crippen molar-refractivity contribution in [2.45, 2.75) is 6.54 Å². The Kier molecular flexibility index (Phi) is 3.94. The number of hydrogen-bond donors (Lipinski definition) is 1. The Balaban J connectivity index is 1.74. The lowest BCUT2D eigenvalue weighted by Gasteiger charge is -2.12. The summed E-state index contributed by atoms with van der Waals surface area (Å²) in [5.74, 6) is 1.64. The highest BCUT2D eigenvalue weighted by Gasteiger charge is 2.04. The quantitative estimate of drug-likeness (QED) is 0.745. The number of nitrogens with zero attached hydrogens (tertiary/aromatic N) is 1. The van der Waals surface area contributed by atoms with E-state index in [-0.39, 0.29) is 0 Å². The Morgan fingerprint density at radius 3 is 2.60 bits per heavy atom. The van der Waals surface area contributed by atoms with Crippen LogP contribution >= 0.6 is 11.3 Å². The highest BCUT2D eigenvalue weighted by molar-refractivity contribution is 7.07. The molecule has 3 nitrogen and oxygen atoms in total. The fourth-order valence-corrected chi connectivity index (χ4v) is 2.39. The number of para-hydroxylation sites is 3. The first-order valence-electron chi connectivity index (χ1n) is 6.35. The highest BCUT2D eigenvalue weighted by Crippen LogP contribution is 2.29. The Morgan fingerprint density at radius 1 is 1.00 bits per heavy atom. The zero-order valence-electron chi connectivity index (χ0n) is 10.8. The molecule has 0 aliphatic rings. The molecule has 0 radical (unpaired) electrons. The SMILES string of the molecule is c1ccc(Oc2ccccc2NCc2cscn2)cc1. The normalized spacial score (nSPS) is 10.2. The Bertz CT molecular complexity index is 653. The summed E-state index contributed by atoms with van der Waals surface area (Å²) in [4.78, 5) is 4.26. The number of nitrogens with one attached hydrogen (secondary N) is 1. The van der Waals surface area contributed by atoms with Gasteiger partial charge in [0.05, 0.1) is 23.4 Å². The summed E-state index contributed by atoms with van der Waals surface area (Å²) in [6, 6.07) is 17.7. The van der Waals surface area contributed by atoms with Gasteiger partial charge in [-0.05, 0) is 24.3 Å². The fraction of sp³-hybridized carbons (Fsp3) is 0.0625. The lowest BCUT2D eigenvalue weighted by Crippen LogP contribution is -2.01. The Morgan fingerprint density at radius 2 is 1.80 bits per heavy atom. The zero-order chi connectivity index (χ0) is 13.6. The van der Waals surface area contributed by atoms with Gasteiger partial charge >= 0.3 is 0 Å². The molecule has 0 bridgehead atoms. The lowest BCUT2D eigenvalue weighted by atomic mass is 10.2. The monoisotopic (exact) mass is 282 g/mol. The molecule has 0 atom stereocenters. The third-order valence-electron chi connectivity index (χ3n) is 2.80. The second-order valence-corrected chi connectivity index (χ2v) is 4.96. The molecular formula is C16H14N2OS. The predicted octanol–water partition coefficient (Wildman–Crippen LogP) is 4.55. The van der Waals surface area contributed by atoms with E-state index in [4.69, 9.17) is 4.74 Å². The largest absolute Gasteiger partial charge is 0.455 e. The van der Waals surface area contributed by atoms with Crippen molar-refractivity contribution >= 4 is 17.0 Å². The lowest BCUT2D eigenvalue weighted by molar-refractivity contribution is 0.484. The van der Waals surface area contributed by atoms with Crippen LogP contribution in [0.5, 0.6) is 11.5 Å². The van der Waals surface area contributed by atoms with E-state index >= 15 is 0 Å². The second-order valence-electron chi connectivity index (χ2n) is 4.24. The van der Waals surface area contributed by atoms with Crippen molar-refractivity contribution in [1.29, 1.82) is 0 Å². The van der Waals surface area contributed by atoms with E-state index in [0.717, 1.165) is 22.9 Å². The molecule has 100 valence electrons. The van der Waals surface area contributed by atoms with Crippen LogP contribution in [0.15, 0.2) is 65.5 Å². The Hall–Kier alpha value is -2.33. The highest BCUT2D eigenvalue weighted by atomic mass is 32.1. The van der Waals surface area contributed by atoms with Gasteiger partial charge in [0.2, 0.25) is 0 Å². The van der Waals surface area contributed by atoms with Gasteiger partial charge in [-0.15, -0.1) is 11.3 Å². The van der Waals surface area contributed by atoms with Crippen LogP contribution in [-0.4, -0.2) is 4.98 Å². The number of anilines is 1. The van der Waals surface area contributed by atoms with E-state index in [2.05, 4.69) is 10.3 Å². The topological polar surface area (TPSA) is 34.1 Å². The van der Waals surface area contributed by atoms with Crippen molar-refractivity contribution in [1.82, 2.24) is 4.98 Å². The van der Waals surface area contributed by atoms with Crippen molar-refractivity contribution in [3.8, 4) is 11.5 Å². The molecule has 3 aromatic rings. The van der Waals surface area contributed by atoms with Gasteiger partial charge in [0.1, 0.15) is 5.75 Å². The van der Waals surface area contributed by atoms with Crippen molar-refractivity contribution in [3.05, 3.63) is 71.2 Å². The number of hydrogen-bond acceptors (Lipinski definition) is 4. The first-order chi connectivity index (χ1) is 9.92. The summed E-state index contributed by atoms with van der Waals surface area (Å²) >= 11 is 1.60. The number of aromatic nitrogens is 1. The molecule has 0 aliphatic carbocycles. The molecule has 2 aromatic carbocycles. The molecule has 0 spiro atoms. The summed E-state index contributed by atoms with van der Waals surface area (Å²) in [7, 11) is 0. The van der Waals surface area contributed by atoms with Gasteiger partial charge in [-0.3, -0.25) is 0 Å². The van der Waals surface area contributed by atoms with E-state index in [1.54, 1.807) is 11.3 Å². The van der Waals surface area contributed by atoms with E-state index in [9.17, 15) is 0 Å². The van der Waals surface area contributed by atoms with Gasteiger partial charge in [-0.25, -0.2) is 4.98 Å². The zero-order valence-corrected chi connectivity index (χ0v) is 11.6. The van der Waals surface area contributed by atoms with Gasteiger partial charge in [0.25, 0.3) is 0 Å². The van der Waals surface area contributed by atoms with Gasteiger partial charge in [0, 0.05) is 5.38 Å². The second kappa shape index (κ2) is 6.21. The molecule has 0 fully saturated rings. The molecule has 20 heavy (non-hydrogen) atoms. The predicted molar refractivity (Wildman–Crippen MR) is 82.4 cm³/mol. The summed E-state index contributed by atoms with van der Waals surface area (Å²) in [6.07, 6.45) is 0. The minimum Gasteiger partial charge on any atom is -0.455 e. The maximum absolute atomic E-state index is 5.90. The van der Waals surface area contributed by atoms with Crippen molar-refractivity contribution in [2.24, 2.45) is 0 Å². The molecule has 4 heteroatoms. The first kappa shape index (κ1) is 12.7. The summed E-state index contributed by atoms with van der Waals surface area (Å²) in [5.41, 5.74) is 3.83. The molecule has 1 N–H and O–H groups in total. The van der Waals surface area contributed by atoms with E-state index < -0.39 is 0 Å². The van der Waals surface area contributed by atoms with Crippen LogP contribution in [-0.2, 0) is 6.54 Å². The van der Waals surface area contributed by atoms with Crippen LogP contribution in [0.1, 0.15) is 5.69 Å². The third-order valence-corrected chi connectivity index (χ3v) is 3.44. The van der Waals surface area contributed by atoms with Crippen LogP contribution in [0, 0.1) is 0 Å². The molecule has 1 aromatic heterocycles. The molecule has 1 heterocycles. The van der Waals surface area contributed by atoms with E-state index in [1.807, 2.05) is 65.5 Å². The molecular weight excluding hydrogens is 268 g/mol. The van der Waals surface area contributed by atoms with Gasteiger partial charge in [-0.2, -0.15) is 0 Å². The van der Waals surface area contributed by atoms with E-state index in [0.29, 0.717) is 6.54 Å². The van der Waals surface area contributed by atoms with Crippen LogP contribution in [0.4, 0.5) is 5.69 Å².